The van der Waals surface area contributed by atoms with Crippen molar-refractivity contribution in [2.75, 3.05) is 6.61 Å². The lowest BCUT2D eigenvalue weighted by atomic mass is 9.94. The Bertz CT molecular complexity index is 345. The van der Waals surface area contributed by atoms with Crippen molar-refractivity contribution in [1.82, 2.24) is 0 Å². The molecule has 4 heteroatoms. The molecule has 2 N–H and O–H groups in total. The molecular formula is C13H19NO3. The van der Waals surface area contributed by atoms with E-state index in [9.17, 15) is 9.59 Å². The number of hydrogen-bond donors (Lipinski definition) is 1. The van der Waals surface area contributed by atoms with E-state index in [2.05, 4.69) is 6.08 Å². The van der Waals surface area contributed by atoms with Crippen molar-refractivity contribution in [3.8, 4) is 0 Å². The molecule has 0 fully saturated rings. The largest absolute Gasteiger partial charge is 0.493 e. The fourth-order valence-corrected chi connectivity index (χ4v) is 1.62. The van der Waals surface area contributed by atoms with Gasteiger partial charge in [-0.05, 0) is 37.8 Å². The van der Waals surface area contributed by atoms with E-state index in [4.69, 9.17) is 10.5 Å². The Hall–Kier alpha value is -1.58. The van der Waals surface area contributed by atoms with E-state index in [-0.39, 0.29) is 18.1 Å². The number of hydrogen-bond acceptors (Lipinski definition) is 3. The molecule has 1 amide bonds. The first-order valence-corrected chi connectivity index (χ1v) is 5.87. The average Bonchev–Trinajstić information content (AvgIpc) is 2.27. The van der Waals surface area contributed by atoms with Gasteiger partial charge in [-0.3, -0.25) is 4.79 Å². The Morgan fingerprint density at radius 1 is 1.47 bits per heavy atom. The maximum Gasteiger partial charge on any atom is 0.220 e. The lowest BCUT2D eigenvalue weighted by Gasteiger charge is -2.15. The molecule has 0 radical (unpaired) electrons. The molecular weight excluding hydrogens is 218 g/mol. The molecule has 1 rings (SSSR count). The van der Waals surface area contributed by atoms with Gasteiger partial charge in [-0.25, -0.2) is 0 Å². The maximum atomic E-state index is 10.8. The SMILES string of the molecule is CC(=O)CCC1C=CC(OCCC(N)=O)=CC1. The number of carbonyl (C=O) groups is 2. The first-order chi connectivity index (χ1) is 8.08. The van der Waals surface area contributed by atoms with Gasteiger partial charge >= 0.3 is 0 Å². The maximum absolute atomic E-state index is 10.8. The summed E-state index contributed by atoms with van der Waals surface area (Å²) in [5.74, 6) is 1.07. The van der Waals surface area contributed by atoms with Gasteiger partial charge in [0.25, 0.3) is 0 Å². The van der Waals surface area contributed by atoms with Gasteiger partial charge in [0.15, 0.2) is 0 Å². The Morgan fingerprint density at radius 2 is 2.24 bits per heavy atom. The Kier molecular flexibility index (Phi) is 5.46. The summed E-state index contributed by atoms with van der Waals surface area (Å²) >= 11 is 0. The number of amides is 1. The van der Waals surface area contributed by atoms with Gasteiger partial charge in [0.1, 0.15) is 11.5 Å². The molecule has 0 saturated carbocycles. The summed E-state index contributed by atoms with van der Waals surface area (Å²) in [5, 5.41) is 0. The van der Waals surface area contributed by atoms with Crippen LogP contribution < -0.4 is 5.73 Å². The van der Waals surface area contributed by atoms with Gasteiger partial charge in [-0.15, -0.1) is 0 Å². The fourth-order valence-electron chi connectivity index (χ4n) is 1.62. The molecule has 1 aliphatic rings. The number of nitrogens with two attached hydrogens (primary N) is 1. The second-order valence-electron chi connectivity index (χ2n) is 4.27. The molecule has 0 spiro atoms. The summed E-state index contributed by atoms with van der Waals surface area (Å²) in [6, 6.07) is 0. The quantitative estimate of drug-likeness (QED) is 0.732. The summed E-state index contributed by atoms with van der Waals surface area (Å²) in [4.78, 5) is 21.4. The zero-order valence-electron chi connectivity index (χ0n) is 10.1. The Balaban J connectivity index is 2.23. The Morgan fingerprint density at radius 3 is 2.76 bits per heavy atom. The summed E-state index contributed by atoms with van der Waals surface area (Å²) in [6.45, 7) is 1.93. The number of Topliss-reactive ketones (excluding diaryl/α,β-unsaturated/α-hetero) is 1. The van der Waals surface area contributed by atoms with Crippen LogP contribution in [0.1, 0.15) is 32.6 Å². The molecule has 4 nitrogen and oxygen atoms in total. The summed E-state index contributed by atoms with van der Waals surface area (Å²) in [5.41, 5.74) is 5.01. The minimum absolute atomic E-state index is 0.228. The van der Waals surface area contributed by atoms with Crippen molar-refractivity contribution < 1.29 is 14.3 Å². The molecule has 0 bridgehead atoms. The van der Waals surface area contributed by atoms with E-state index in [1.54, 1.807) is 6.92 Å². The molecule has 0 saturated heterocycles. The van der Waals surface area contributed by atoms with Crippen LogP contribution >= 0.6 is 0 Å². The summed E-state index contributed by atoms with van der Waals surface area (Å²) in [6.07, 6.45) is 8.58. The average molecular weight is 237 g/mol. The van der Waals surface area contributed by atoms with E-state index >= 15 is 0 Å². The predicted molar refractivity (Wildman–Crippen MR) is 65.0 cm³/mol. The number of ether oxygens (including phenoxy) is 1. The zero-order chi connectivity index (χ0) is 12.7. The molecule has 0 aromatic heterocycles. The highest BCUT2D eigenvalue weighted by molar-refractivity contribution is 5.75. The smallest absolute Gasteiger partial charge is 0.220 e. The minimum Gasteiger partial charge on any atom is -0.493 e. The van der Waals surface area contributed by atoms with Crippen LogP contribution in [0, 0.1) is 5.92 Å². The third kappa shape index (κ3) is 5.90. The highest BCUT2D eigenvalue weighted by Crippen LogP contribution is 2.21. The Labute approximate surface area is 102 Å². The van der Waals surface area contributed by atoms with E-state index < -0.39 is 0 Å². The highest BCUT2D eigenvalue weighted by atomic mass is 16.5. The van der Waals surface area contributed by atoms with Gasteiger partial charge in [0.2, 0.25) is 5.91 Å². The van der Waals surface area contributed by atoms with Gasteiger partial charge in [-0.2, -0.15) is 0 Å². The lowest BCUT2D eigenvalue weighted by molar-refractivity contribution is -0.119. The summed E-state index contributed by atoms with van der Waals surface area (Å²) < 4.78 is 5.37. The first-order valence-electron chi connectivity index (χ1n) is 5.87. The van der Waals surface area contributed by atoms with Crippen molar-refractivity contribution in [1.29, 1.82) is 0 Å². The highest BCUT2D eigenvalue weighted by Gasteiger charge is 2.10. The molecule has 0 aliphatic heterocycles. The number of rotatable bonds is 7. The third-order valence-electron chi connectivity index (χ3n) is 2.64. The van der Waals surface area contributed by atoms with Crippen LogP contribution in [0.2, 0.25) is 0 Å². The molecule has 1 aliphatic carbocycles. The van der Waals surface area contributed by atoms with Crippen LogP contribution in [0.4, 0.5) is 0 Å². The normalized spacial score (nSPS) is 18.6. The van der Waals surface area contributed by atoms with Crippen LogP contribution in [0.5, 0.6) is 0 Å². The zero-order valence-corrected chi connectivity index (χ0v) is 10.1. The van der Waals surface area contributed by atoms with E-state index in [0.717, 1.165) is 18.6 Å². The number of primary amides is 1. The van der Waals surface area contributed by atoms with Crippen LogP contribution in [0.15, 0.2) is 24.0 Å². The molecule has 1 atom stereocenters. The molecule has 1 unspecified atom stereocenters. The van der Waals surface area contributed by atoms with Crippen molar-refractivity contribution in [3.05, 3.63) is 24.0 Å². The minimum atomic E-state index is -0.357. The molecule has 0 aromatic carbocycles. The number of allylic oxidation sites excluding steroid dienone is 3. The second kappa shape index (κ2) is 6.89. The third-order valence-corrected chi connectivity index (χ3v) is 2.64. The molecule has 0 heterocycles. The molecule has 0 aromatic rings. The molecule has 17 heavy (non-hydrogen) atoms. The van der Waals surface area contributed by atoms with Gasteiger partial charge < -0.3 is 15.3 Å². The van der Waals surface area contributed by atoms with Crippen molar-refractivity contribution in [2.45, 2.75) is 32.6 Å². The first kappa shape index (κ1) is 13.5. The van der Waals surface area contributed by atoms with Gasteiger partial charge in [0, 0.05) is 6.42 Å². The van der Waals surface area contributed by atoms with E-state index in [1.165, 1.54) is 0 Å². The standard InChI is InChI=1S/C13H19NO3/c1-10(15)2-3-11-4-6-12(7-5-11)17-9-8-13(14)16/h4,6-7,11H,2-3,5,8-9H2,1H3,(H2,14,16). The second-order valence-corrected chi connectivity index (χ2v) is 4.27. The van der Waals surface area contributed by atoms with Crippen molar-refractivity contribution in [2.24, 2.45) is 11.7 Å². The van der Waals surface area contributed by atoms with E-state index in [1.807, 2.05) is 12.2 Å². The van der Waals surface area contributed by atoms with Crippen LogP contribution in [-0.4, -0.2) is 18.3 Å². The fraction of sp³-hybridized carbons (Fsp3) is 0.538. The van der Waals surface area contributed by atoms with Crippen LogP contribution in [-0.2, 0) is 14.3 Å². The molecule has 94 valence electrons. The number of carbonyl (C=O) groups excluding carboxylic acids is 2. The van der Waals surface area contributed by atoms with Crippen molar-refractivity contribution >= 4 is 11.7 Å². The van der Waals surface area contributed by atoms with Crippen molar-refractivity contribution in [3.63, 3.8) is 0 Å². The van der Waals surface area contributed by atoms with Crippen LogP contribution in [0.25, 0.3) is 0 Å². The monoisotopic (exact) mass is 237 g/mol. The predicted octanol–water partition coefficient (Wildman–Crippen LogP) is 1.71. The van der Waals surface area contributed by atoms with Gasteiger partial charge in [0.05, 0.1) is 13.0 Å². The summed E-state index contributed by atoms with van der Waals surface area (Å²) in [7, 11) is 0. The lowest BCUT2D eigenvalue weighted by Crippen LogP contribution is -2.13. The number of ketones is 1. The topological polar surface area (TPSA) is 69.4 Å². The van der Waals surface area contributed by atoms with Crippen LogP contribution in [0.3, 0.4) is 0 Å². The van der Waals surface area contributed by atoms with Gasteiger partial charge in [-0.1, -0.05) is 6.08 Å². The van der Waals surface area contributed by atoms with E-state index in [0.29, 0.717) is 18.9 Å².